The van der Waals surface area contributed by atoms with Gasteiger partial charge in [-0.2, -0.15) is 13.2 Å². The van der Waals surface area contributed by atoms with Crippen molar-refractivity contribution in [3.05, 3.63) is 41.0 Å². The lowest BCUT2D eigenvalue weighted by molar-refractivity contribution is -0.0331. The zero-order valence-corrected chi connectivity index (χ0v) is 20.5. The van der Waals surface area contributed by atoms with Crippen molar-refractivity contribution in [1.29, 1.82) is 0 Å². The monoisotopic (exact) mass is 496 g/mol. The maximum atomic E-state index is 13.3. The third-order valence-corrected chi connectivity index (χ3v) is 7.76. The summed E-state index contributed by atoms with van der Waals surface area (Å²) in [6, 6.07) is 2.04. The second-order valence-electron chi connectivity index (χ2n) is 9.18. The number of piperidine rings is 1. The quantitative estimate of drug-likeness (QED) is 0.541. The van der Waals surface area contributed by atoms with E-state index in [4.69, 9.17) is 9.47 Å². The summed E-state index contributed by atoms with van der Waals surface area (Å²) in [6.45, 7) is 2.00. The highest BCUT2D eigenvalue weighted by Gasteiger charge is 2.37. The molecule has 1 N–H and O–H groups in total. The number of allylic oxidation sites excluding steroid dienone is 3. The number of rotatable bonds is 7. The molecule has 0 bridgehead atoms. The Hall–Kier alpha value is -2.13. The number of Topliss-reactive ketones (excluding diaryl/α,β-unsaturated/α-hetero) is 1. The minimum atomic E-state index is -4.25. The molecule has 0 amide bonds. The van der Waals surface area contributed by atoms with Crippen molar-refractivity contribution in [3.63, 3.8) is 0 Å². The third-order valence-electron chi connectivity index (χ3n) is 6.84. The van der Waals surface area contributed by atoms with E-state index in [1.54, 1.807) is 32.4 Å². The van der Waals surface area contributed by atoms with Gasteiger partial charge in [0.1, 0.15) is 0 Å². The zero-order valence-electron chi connectivity index (χ0n) is 19.7. The van der Waals surface area contributed by atoms with Gasteiger partial charge >= 0.3 is 5.51 Å². The van der Waals surface area contributed by atoms with Crippen LogP contribution in [0.4, 0.5) is 18.9 Å². The van der Waals surface area contributed by atoms with Gasteiger partial charge in [0.25, 0.3) is 0 Å². The Kier molecular flexibility index (Phi) is 7.52. The van der Waals surface area contributed by atoms with Gasteiger partial charge in [0.2, 0.25) is 0 Å². The van der Waals surface area contributed by atoms with Crippen LogP contribution < -0.4 is 14.8 Å². The van der Waals surface area contributed by atoms with E-state index in [2.05, 4.69) is 17.3 Å². The first-order valence-electron chi connectivity index (χ1n) is 11.6. The molecule has 0 saturated carbocycles. The molecule has 1 aromatic rings. The molecule has 1 aliphatic heterocycles. The number of benzene rings is 1. The predicted molar refractivity (Wildman–Crippen MR) is 129 cm³/mol. The minimum absolute atomic E-state index is 0.00212. The number of fused-ring (bicyclic) bond motifs is 1. The molecule has 186 valence electrons. The topological polar surface area (TPSA) is 50.8 Å². The van der Waals surface area contributed by atoms with Crippen molar-refractivity contribution in [2.75, 3.05) is 39.7 Å². The van der Waals surface area contributed by atoms with E-state index in [1.807, 2.05) is 6.08 Å². The zero-order chi connectivity index (χ0) is 24.5. The molecule has 0 aromatic heterocycles. The van der Waals surface area contributed by atoms with Crippen LogP contribution in [0.3, 0.4) is 0 Å². The summed E-state index contributed by atoms with van der Waals surface area (Å²) in [7, 11) is 5.28. The molecule has 5 nitrogen and oxygen atoms in total. The molecule has 1 saturated heterocycles. The normalized spacial score (nSPS) is 23.6. The summed E-state index contributed by atoms with van der Waals surface area (Å²) >= 11 is 0.00212. The molecular weight excluding hydrogens is 465 g/mol. The molecule has 1 aromatic carbocycles. The molecule has 2 unspecified atom stereocenters. The molecule has 0 radical (unpaired) electrons. The van der Waals surface area contributed by atoms with Crippen LogP contribution in [-0.4, -0.2) is 61.8 Å². The summed E-state index contributed by atoms with van der Waals surface area (Å²) in [5.41, 5.74) is -0.925. The van der Waals surface area contributed by atoms with Crippen molar-refractivity contribution in [2.45, 2.75) is 48.9 Å². The molecule has 9 heteroatoms. The SMILES string of the molecule is COc1cc2c(c(NC3CCN(C)CC3)c1OC)CC(CC1=CCC(SC(F)(F)F)C=C1)C2=O. The lowest BCUT2D eigenvalue weighted by Crippen LogP contribution is -2.37. The fourth-order valence-corrected chi connectivity index (χ4v) is 5.73. The van der Waals surface area contributed by atoms with Crippen molar-refractivity contribution in [3.8, 4) is 11.5 Å². The number of halogens is 3. The summed E-state index contributed by atoms with van der Waals surface area (Å²) in [4.78, 5) is 15.6. The van der Waals surface area contributed by atoms with Gasteiger partial charge in [-0.1, -0.05) is 23.8 Å². The highest BCUT2D eigenvalue weighted by atomic mass is 32.2. The fraction of sp³-hybridized carbons (Fsp3) is 0.560. The molecule has 2 aliphatic carbocycles. The maximum absolute atomic E-state index is 13.3. The second kappa shape index (κ2) is 10.2. The van der Waals surface area contributed by atoms with Crippen molar-refractivity contribution < 1.29 is 27.4 Å². The van der Waals surface area contributed by atoms with Crippen LogP contribution in [0.5, 0.6) is 11.5 Å². The van der Waals surface area contributed by atoms with E-state index in [0.29, 0.717) is 36.3 Å². The van der Waals surface area contributed by atoms with Crippen LogP contribution in [0, 0.1) is 5.92 Å². The van der Waals surface area contributed by atoms with Gasteiger partial charge in [0, 0.05) is 22.8 Å². The van der Waals surface area contributed by atoms with Gasteiger partial charge in [0.15, 0.2) is 17.3 Å². The average Bonchev–Trinajstić information content (AvgIpc) is 3.10. The Balaban J connectivity index is 1.53. The highest BCUT2D eigenvalue weighted by Crippen LogP contribution is 2.47. The Bertz CT molecular complexity index is 985. The van der Waals surface area contributed by atoms with Gasteiger partial charge in [-0.3, -0.25) is 4.79 Å². The van der Waals surface area contributed by atoms with Crippen LogP contribution >= 0.6 is 11.8 Å². The van der Waals surface area contributed by atoms with E-state index < -0.39 is 10.8 Å². The number of hydrogen-bond acceptors (Lipinski definition) is 6. The number of thioether (sulfide) groups is 1. The van der Waals surface area contributed by atoms with Crippen LogP contribution in [0.1, 0.15) is 41.6 Å². The van der Waals surface area contributed by atoms with E-state index >= 15 is 0 Å². The Morgan fingerprint density at radius 2 is 1.94 bits per heavy atom. The van der Waals surface area contributed by atoms with Crippen LogP contribution in [0.2, 0.25) is 0 Å². The van der Waals surface area contributed by atoms with Gasteiger partial charge in [-0.15, -0.1) is 0 Å². The largest absolute Gasteiger partial charge is 0.493 e. The first-order valence-corrected chi connectivity index (χ1v) is 12.5. The number of anilines is 1. The number of hydrogen-bond donors (Lipinski definition) is 1. The third kappa shape index (κ3) is 5.57. The van der Waals surface area contributed by atoms with E-state index in [1.165, 1.54) is 0 Å². The molecule has 3 aliphatic rings. The number of ether oxygens (including phenoxy) is 2. The lowest BCUT2D eigenvalue weighted by Gasteiger charge is -2.31. The smallest absolute Gasteiger partial charge is 0.442 e. The van der Waals surface area contributed by atoms with Crippen molar-refractivity contribution >= 4 is 23.2 Å². The number of carbonyl (C=O) groups is 1. The number of nitrogens with zero attached hydrogens (tertiary/aromatic N) is 1. The van der Waals surface area contributed by atoms with Crippen LogP contribution in [0.25, 0.3) is 0 Å². The first-order chi connectivity index (χ1) is 16.2. The lowest BCUT2D eigenvalue weighted by atomic mass is 9.92. The summed E-state index contributed by atoms with van der Waals surface area (Å²) in [5.74, 6) is 0.919. The van der Waals surface area contributed by atoms with E-state index in [-0.39, 0.29) is 29.5 Å². The number of likely N-dealkylation sites (tertiary alicyclic amines) is 1. The summed E-state index contributed by atoms with van der Waals surface area (Å²) in [6.07, 6.45) is 8.55. The molecule has 1 fully saturated rings. The van der Waals surface area contributed by atoms with Crippen molar-refractivity contribution in [1.82, 2.24) is 4.90 Å². The fourth-order valence-electron chi connectivity index (χ4n) is 5.04. The van der Waals surface area contributed by atoms with Gasteiger partial charge < -0.3 is 19.7 Å². The minimum Gasteiger partial charge on any atom is -0.493 e. The standard InChI is InChI=1S/C25H31F3N2O3S/c1-30-10-8-17(9-11-30)29-22-19-13-16(23(31)20(19)14-21(32-2)24(22)33-3)12-15-4-6-18(7-5-15)34-25(26,27)28/h4-6,14,16-18,29H,7-13H2,1-3H3. The Morgan fingerprint density at radius 1 is 1.21 bits per heavy atom. The molecule has 0 spiro atoms. The number of nitrogens with one attached hydrogen (secondary N) is 1. The average molecular weight is 497 g/mol. The number of ketones is 1. The molecule has 34 heavy (non-hydrogen) atoms. The Labute approximate surface area is 202 Å². The molecule has 2 atom stereocenters. The Morgan fingerprint density at radius 3 is 2.53 bits per heavy atom. The van der Waals surface area contributed by atoms with E-state index in [9.17, 15) is 18.0 Å². The molecule has 4 rings (SSSR count). The summed E-state index contributed by atoms with van der Waals surface area (Å²) < 4.78 is 49.2. The summed E-state index contributed by atoms with van der Waals surface area (Å²) in [5, 5.41) is 3.03. The van der Waals surface area contributed by atoms with Crippen LogP contribution in [-0.2, 0) is 6.42 Å². The van der Waals surface area contributed by atoms with Gasteiger partial charge in [0.05, 0.1) is 19.9 Å². The highest BCUT2D eigenvalue weighted by molar-refractivity contribution is 8.00. The van der Waals surface area contributed by atoms with Gasteiger partial charge in [-0.05, 0) is 75.6 Å². The second-order valence-corrected chi connectivity index (χ2v) is 10.5. The van der Waals surface area contributed by atoms with Gasteiger partial charge in [-0.25, -0.2) is 0 Å². The number of alkyl halides is 3. The number of carbonyl (C=O) groups excluding carboxylic acids is 1. The van der Waals surface area contributed by atoms with Crippen molar-refractivity contribution in [2.24, 2.45) is 5.92 Å². The molecule has 1 heterocycles. The van der Waals surface area contributed by atoms with Crippen LogP contribution in [0.15, 0.2) is 29.9 Å². The number of methoxy groups -OCH3 is 2. The maximum Gasteiger partial charge on any atom is 0.442 e. The molecular formula is C25H31F3N2O3S. The predicted octanol–water partition coefficient (Wildman–Crippen LogP) is 5.46. The first kappa shape index (κ1) is 25.0. The van der Waals surface area contributed by atoms with E-state index in [0.717, 1.165) is 42.8 Å².